The smallest absolute Gasteiger partial charge is 0.340 e. The van der Waals surface area contributed by atoms with Crippen LogP contribution in [0.1, 0.15) is 62.3 Å². The van der Waals surface area contributed by atoms with Crippen LogP contribution in [-0.2, 0) is 18.9 Å². The van der Waals surface area contributed by atoms with Gasteiger partial charge in [0.1, 0.15) is 0 Å². The summed E-state index contributed by atoms with van der Waals surface area (Å²) in [7, 11) is 0. The molecule has 5 nitrogen and oxygen atoms in total. The summed E-state index contributed by atoms with van der Waals surface area (Å²) < 4.78 is 23.0. The zero-order valence-corrected chi connectivity index (χ0v) is 14.4. The van der Waals surface area contributed by atoms with E-state index in [1.807, 2.05) is 55.4 Å². The third-order valence-electron chi connectivity index (χ3n) is 2.21. The van der Waals surface area contributed by atoms with Crippen molar-refractivity contribution in [2.75, 3.05) is 0 Å². The number of aliphatic hydroxyl groups is 1. The van der Waals surface area contributed by atoms with E-state index in [9.17, 15) is 5.11 Å². The standard InChI is InChI=1S/C15H32O5/c1-10(2)17-14(9,16)15(18-11(3)4,19-12(5)6)20-13(7)8/h10-13,16H,1-9H3. The number of hydrogen-bond acceptors (Lipinski definition) is 5. The summed E-state index contributed by atoms with van der Waals surface area (Å²) in [6, 6.07) is 0. The van der Waals surface area contributed by atoms with Gasteiger partial charge < -0.3 is 24.1 Å². The molecule has 0 aromatic rings. The Morgan fingerprint density at radius 1 is 0.600 bits per heavy atom. The predicted molar refractivity (Wildman–Crippen MR) is 78.2 cm³/mol. The van der Waals surface area contributed by atoms with E-state index in [-0.39, 0.29) is 24.4 Å². The van der Waals surface area contributed by atoms with Gasteiger partial charge in [0.05, 0.1) is 24.4 Å². The highest BCUT2D eigenvalue weighted by Gasteiger charge is 2.55. The normalized spacial score (nSPS) is 16.5. The van der Waals surface area contributed by atoms with E-state index in [1.165, 1.54) is 6.92 Å². The second-order valence-corrected chi connectivity index (χ2v) is 6.21. The Morgan fingerprint density at radius 2 is 0.850 bits per heavy atom. The van der Waals surface area contributed by atoms with Crippen molar-refractivity contribution in [3.8, 4) is 0 Å². The Morgan fingerprint density at radius 3 is 1.05 bits per heavy atom. The van der Waals surface area contributed by atoms with Crippen LogP contribution in [0.5, 0.6) is 0 Å². The highest BCUT2D eigenvalue weighted by Crippen LogP contribution is 2.35. The van der Waals surface area contributed by atoms with Gasteiger partial charge in [-0.05, 0) is 62.3 Å². The van der Waals surface area contributed by atoms with Crippen molar-refractivity contribution in [2.45, 2.75) is 98.5 Å². The first-order valence-electron chi connectivity index (χ1n) is 7.35. The van der Waals surface area contributed by atoms with Crippen molar-refractivity contribution < 1.29 is 24.1 Å². The number of ether oxygens (including phenoxy) is 4. The van der Waals surface area contributed by atoms with Crippen molar-refractivity contribution in [3.63, 3.8) is 0 Å². The van der Waals surface area contributed by atoms with E-state index in [0.29, 0.717) is 0 Å². The lowest BCUT2D eigenvalue weighted by atomic mass is 10.2. The van der Waals surface area contributed by atoms with Crippen LogP contribution in [0.4, 0.5) is 0 Å². The Hall–Kier alpha value is -0.200. The molecule has 0 saturated carbocycles. The highest BCUT2D eigenvalue weighted by molar-refractivity contribution is 4.79. The molecule has 0 radical (unpaired) electrons. The first-order chi connectivity index (χ1) is 8.92. The zero-order chi connectivity index (χ0) is 16.1. The van der Waals surface area contributed by atoms with Gasteiger partial charge in [-0.15, -0.1) is 0 Å². The van der Waals surface area contributed by atoms with Crippen molar-refractivity contribution in [1.82, 2.24) is 0 Å². The van der Waals surface area contributed by atoms with Crippen LogP contribution in [0.2, 0.25) is 0 Å². The second-order valence-electron chi connectivity index (χ2n) is 6.21. The fourth-order valence-electron chi connectivity index (χ4n) is 1.87. The molecule has 122 valence electrons. The minimum absolute atomic E-state index is 0.199. The first kappa shape index (κ1) is 19.8. The molecule has 0 spiro atoms. The lowest BCUT2D eigenvalue weighted by Gasteiger charge is -2.46. The summed E-state index contributed by atoms with van der Waals surface area (Å²) in [6.45, 7) is 16.3. The van der Waals surface area contributed by atoms with Crippen LogP contribution in [0.25, 0.3) is 0 Å². The van der Waals surface area contributed by atoms with E-state index in [1.54, 1.807) is 0 Å². The average Bonchev–Trinajstić information content (AvgIpc) is 2.10. The third-order valence-corrected chi connectivity index (χ3v) is 2.21. The monoisotopic (exact) mass is 292 g/mol. The van der Waals surface area contributed by atoms with Crippen LogP contribution in [0, 0.1) is 0 Å². The van der Waals surface area contributed by atoms with E-state index >= 15 is 0 Å². The van der Waals surface area contributed by atoms with Gasteiger partial charge >= 0.3 is 5.97 Å². The van der Waals surface area contributed by atoms with Crippen molar-refractivity contribution in [1.29, 1.82) is 0 Å². The minimum Gasteiger partial charge on any atom is -0.359 e. The van der Waals surface area contributed by atoms with E-state index < -0.39 is 11.8 Å². The van der Waals surface area contributed by atoms with Gasteiger partial charge in [0.2, 0.25) is 5.79 Å². The molecule has 1 unspecified atom stereocenters. The van der Waals surface area contributed by atoms with Crippen LogP contribution < -0.4 is 0 Å². The van der Waals surface area contributed by atoms with Gasteiger partial charge in [-0.1, -0.05) is 0 Å². The Bertz CT molecular complexity index is 245. The SMILES string of the molecule is CC(C)OC(C)(O)C(OC(C)C)(OC(C)C)OC(C)C. The molecule has 0 amide bonds. The summed E-state index contributed by atoms with van der Waals surface area (Å²) in [5.41, 5.74) is 0. The van der Waals surface area contributed by atoms with Gasteiger partial charge in [0.25, 0.3) is 0 Å². The first-order valence-corrected chi connectivity index (χ1v) is 7.35. The molecular formula is C15H32O5. The molecule has 20 heavy (non-hydrogen) atoms. The Labute approximate surface area is 123 Å². The van der Waals surface area contributed by atoms with Crippen LogP contribution in [-0.4, -0.2) is 41.3 Å². The molecule has 5 heteroatoms. The number of rotatable bonds is 9. The third kappa shape index (κ3) is 6.06. The molecule has 1 atom stereocenters. The fraction of sp³-hybridized carbons (Fsp3) is 1.00. The molecule has 0 aliphatic carbocycles. The Balaban J connectivity index is 5.55. The molecule has 0 aliphatic heterocycles. The van der Waals surface area contributed by atoms with Crippen LogP contribution >= 0.6 is 0 Å². The summed E-state index contributed by atoms with van der Waals surface area (Å²) in [5, 5.41) is 10.7. The van der Waals surface area contributed by atoms with Gasteiger partial charge in [-0.3, -0.25) is 0 Å². The maximum absolute atomic E-state index is 10.7. The predicted octanol–water partition coefficient (Wildman–Crippen LogP) is 3.05. The molecule has 0 aromatic carbocycles. The lowest BCUT2D eigenvalue weighted by molar-refractivity contribution is -0.508. The molecule has 0 heterocycles. The minimum atomic E-state index is -1.74. The highest BCUT2D eigenvalue weighted by atomic mass is 16.9. The fourth-order valence-corrected chi connectivity index (χ4v) is 1.87. The molecule has 0 rings (SSSR count). The summed E-state index contributed by atoms with van der Waals surface area (Å²) in [6.07, 6.45) is -0.800. The van der Waals surface area contributed by atoms with Gasteiger partial charge in [-0.25, -0.2) is 0 Å². The van der Waals surface area contributed by atoms with Gasteiger partial charge in [-0.2, -0.15) is 0 Å². The van der Waals surface area contributed by atoms with E-state index in [4.69, 9.17) is 18.9 Å². The lowest BCUT2D eigenvalue weighted by Crippen LogP contribution is -2.62. The van der Waals surface area contributed by atoms with Gasteiger partial charge in [0.15, 0.2) is 0 Å². The second kappa shape index (κ2) is 7.71. The quantitative estimate of drug-likeness (QED) is 0.662. The topological polar surface area (TPSA) is 57.2 Å². The van der Waals surface area contributed by atoms with Crippen molar-refractivity contribution in [3.05, 3.63) is 0 Å². The number of hydrogen-bond donors (Lipinski definition) is 1. The van der Waals surface area contributed by atoms with Crippen molar-refractivity contribution in [2.24, 2.45) is 0 Å². The maximum atomic E-state index is 10.7. The molecule has 0 bridgehead atoms. The summed E-state index contributed by atoms with van der Waals surface area (Å²) >= 11 is 0. The van der Waals surface area contributed by atoms with Crippen LogP contribution in [0.3, 0.4) is 0 Å². The van der Waals surface area contributed by atoms with Gasteiger partial charge in [0, 0.05) is 0 Å². The van der Waals surface area contributed by atoms with Crippen LogP contribution in [0.15, 0.2) is 0 Å². The molecule has 0 aromatic heterocycles. The molecule has 0 fully saturated rings. The Kier molecular flexibility index (Phi) is 7.63. The largest absolute Gasteiger partial charge is 0.359 e. The summed E-state index contributed by atoms with van der Waals surface area (Å²) in [4.78, 5) is 0. The molecule has 0 saturated heterocycles. The van der Waals surface area contributed by atoms with E-state index in [2.05, 4.69) is 0 Å². The molecule has 0 aliphatic rings. The van der Waals surface area contributed by atoms with E-state index in [0.717, 1.165) is 0 Å². The maximum Gasteiger partial charge on any atom is 0.340 e. The average molecular weight is 292 g/mol. The molecular weight excluding hydrogens is 260 g/mol. The summed E-state index contributed by atoms with van der Waals surface area (Å²) in [5.74, 6) is -3.41. The zero-order valence-electron chi connectivity index (χ0n) is 14.4. The van der Waals surface area contributed by atoms with Crippen molar-refractivity contribution >= 4 is 0 Å². The molecule has 1 N–H and O–H groups in total.